The van der Waals surface area contributed by atoms with Crippen LogP contribution in [0.5, 0.6) is 0 Å². The van der Waals surface area contributed by atoms with Crippen molar-refractivity contribution in [2.75, 3.05) is 47.5 Å². The zero-order chi connectivity index (χ0) is 58.4. The third-order valence-corrected chi connectivity index (χ3v) is 15.1. The Bertz CT molecular complexity index is 1670. The number of likely N-dealkylation sites (N-methyl/N-ethyl adjacent to an activating group) is 1. The number of allylic oxidation sites excluding steroid dienone is 16. The predicted octanol–water partition coefficient (Wildman–Crippen LogP) is 21.2. The third kappa shape index (κ3) is 64.1. The first-order valence-electron chi connectivity index (χ1n) is 33.0. The summed E-state index contributed by atoms with van der Waals surface area (Å²) in [6.45, 7) is 4.29. The topological polar surface area (TPSA) is 108 Å². The normalized spacial score (nSPS) is 13.8. The van der Waals surface area contributed by atoms with E-state index in [9.17, 15) is 19.0 Å². The van der Waals surface area contributed by atoms with E-state index in [1.807, 2.05) is 21.1 Å². The van der Waals surface area contributed by atoms with Crippen LogP contribution in [0.15, 0.2) is 97.2 Å². The lowest BCUT2D eigenvalue weighted by Crippen LogP contribution is -2.37. The van der Waals surface area contributed by atoms with Gasteiger partial charge in [0.05, 0.1) is 27.7 Å². The van der Waals surface area contributed by atoms with Gasteiger partial charge in [-0.3, -0.25) is 18.6 Å². The lowest BCUT2D eigenvalue weighted by Gasteiger charge is -2.24. The molecule has 2 atom stereocenters. The van der Waals surface area contributed by atoms with Gasteiger partial charge in [0.1, 0.15) is 19.8 Å². The molecular weight excluding hydrogens is 1010 g/mol. The number of rotatable bonds is 60. The standard InChI is InChI=1S/C70H124NO8P/c1-6-8-10-12-14-16-18-20-22-23-24-25-26-27-28-29-30-31-32-33-34-35-36-37-38-39-40-41-42-43-44-45-46-47-49-51-53-55-57-59-61-63-70(73)79-68(67-78-80(74,75)77-65-64-71(3,4)5)66-76-69(72)62-60-58-56-54-52-50-48-21-19-17-15-13-11-9-7-2/h8,10,14-17,20-22,24-25,27-28,30-31,48,68H,6-7,9,11-13,18-19,23,26,29,32-47,49-67H2,1-5H3/p+1/b10-8-,16-14-,17-15-,22-20-,25-24-,28-27-,31-30-,48-21-. The van der Waals surface area contributed by atoms with E-state index in [2.05, 4.69) is 111 Å². The van der Waals surface area contributed by atoms with E-state index in [-0.39, 0.29) is 32.0 Å². The third-order valence-electron chi connectivity index (χ3n) is 14.1. The molecule has 1 N–H and O–H groups in total. The number of ether oxygens (including phenoxy) is 2. The van der Waals surface area contributed by atoms with Gasteiger partial charge in [-0.15, -0.1) is 0 Å². The van der Waals surface area contributed by atoms with E-state index in [1.54, 1.807) is 0 Å². The van der Waals surface area contributed by atoms with Gasteiger partial charge in [0.2, 0.25) is 0 Å². The van der Waals surface area contributed by atoms with Crippen LogP contribution >= 0.6 is 7.82 Å². The highest BCUT2D eigenvalue weighted by atomic mass is 31.2. The lowest BCUT2D eigenvalue weighted by atomic mass is 10.0. The molecule has 0 aliphatic heterocycles. The number of phosphoric acid groups is 1. The molecule has 0 aliphatic carbocycles. The summed E-state index contributed by atoms with van der Waals surface area (Å²) in [4.78, 5) is 35.7. The molecule has 0 aliphatic rings. The molecule has 462 valence electrons. The number of unbranched alkanes of at least 4 members (excludes halogenated alkanes) is 30. The summed E-state index contributed by atoms with van der Waals surface area (Å²) in [5, 5.41) is 0. The second-order valence-corrected chi connectivity index (χ2v) is 24.6. The van der Waals surface area contributed by atoms with E-state index >= 15 is 0 Å². The van der Waals surface area contributed by atoms with Crippen molar-refractivity contribution in [3.8, 4) is 0 Å². The number of carbonyl (C=O) groups is 2. The summed E-state index contributed by atoms with van der Waals surface area (Å²) in [6, 6.07) is 0. The molecule has 0 heterocycles. The Morgan fingerprint density at radius 1 is 0.400 bits per heavy atom. The molecule has 0 saturated carbocycles. The summed E-state index contributed by atoms with van der Waals surface area (Å²) in [7, 11) is 1.47. The van der Waals surface area contributed by atoms with Crippen LogP contribution in [0.1, 0.15) is 284 Å². The van der Waals surface area contributed by atoms with Gasteiger partial charge in [0.15, 0.2) is 6.10 Å². The van der Waals surface area contributed by atoms with Crippen molar-refractivity contribution in [1.82, 2.24) is 0 Å². The Kier molecular flexibility index (Phi) is 58.2. The number of esters is 2. The van der Waals surface area contributed by atoms with Crippen molar-refractivity contribution in [2.45, 2.75) is 290 Å². The quantitative estimate of drug-likeness (QED) is 0.0211. The van der Waals surface area contributed by atoms with Crippen LogP contribution in [0, 0.1) is 0 Å². The number of phosphoric ester groups is 1. The van der Waals surface area contributed by atoms with Crippen molar-refractivity contribution >= 4 is 19.8 Å². The number of carbonyl (C=O) groups excluding carboxylic acids is 2. The first-order chi connectivity index (χ1) is 39.0. The molecular formula is C70H125NO8P+. The fourth-order valence-corrected chi connectivity index (χ4v) is 9.79. The van der Waals surface area contributed by atoms with Crippen LogP contribution in [0.3, 0.4) is 0 Å². The summed E-state index contributed by atoms with van der Waals surface area (Å²) >= 11 is 0. The van der Waals surface area contributed by atoms with Gasteiger partial charge in [0.25, 0.3) is 0 Å². The first-order valence-corrected chi connectivity index (χ1v) is 34.5. The van der Waals surface area contributed by atoms with E-state index in [0.717, 1.165) is 96.3 Å². The van der Waals surface area contributed by atoms with E-state index < -0.39 is 26.5 Å². The van der Waals surface area contributed by atoms with Crippen molar-refractivity contribution in [1.29, 1.82) is 0 Å². The zero-order valence-electron chi connectivity index (χ0n) is 52.5. The fraction of sp³-hybridized carbons (Fsp3) is 0.743. The number of hydrogen-bond donors (Lipinski definition) is 1. The van der Waals surface area contributed by atoms with E-state index in [0.29, 0.717) is 17.4 Å². The van der Waals surface area contributed by atoms with Crippen LogP contribution < -0.4 is 0 Å². The first kappa shape index (κ1) is 76.9. The molecule has 10 heteroatoms. The van der Waals surface area contributed by atoms with Crippen molar-refractivity contribution in [2.24, 2.45) is 0 Å². The average molecular weight is 1140 g/mol. The van der Waals surface area contributed by atoms with Crippen LogP contribution in [0.4, 0.5) is 0 Å². The maximum Gasteiger partial charge on any atom is 0.472 e. The maximum atomic E-state index is 12.8. The largest absolute Gasteiger partial charge is 0.472 e. The molecule has 0 aromatic carbocycles. The van der Waals surface area contributed by atoms with Gasteiger partial charge in [0, 0.05) is 12.8 Å². The van der Waals surface area contributed by atoms with E-state index in [1.165, 1.54) is 154 Å². The van der Waals surface area contributed by atoms with Crippen LogP contribution in [0.2, 0.25) is 0 Å². The molecule has 0 fully saturated rings. The molecule has 0 aromatic rings. The van der Waals surface area contributed by atoms with Crippen molar-refractivity contribution in [3.05, 3.63) is 97.2 Å². The Labute approximate surface area is 493 Å². The Balaban J connectivity index is 3.93. The monoisotopic (exact) mass is 1140 g/mol. The maximum absolute atomic E-state index is 12.8. The summed E-state index contributed by atoms with van der Waals surface area (Å²) in [6.07, 6.45) is 83.7. The SMILES string of the molecule is CC/C=C\C/C=C\C/C=C\C/C=C\C/C=C\C/C=C\CCCCCCCCCCCCCCCCCCCCCCCCC(=O)OC(COC(=O)CCCCCCC/C=C\C/C=C\CCCCC)COP(=O)(O)OCC[N+](C)(C)C. The molecule has 0 saturated heterocycles. The molecule has 0 bridgehead atoms. The van der Waals surface area contributed by atoms with Crippen molar-refractivity contribution in [3.63, 3.8) is 0 Å². The number of hydrogen-bond acceptors (Lipinski definition) is 7. The Hall–Kier alpha value is -3.07. The molecule has 9 nitrogen and oxygen atoms in total. The highest BCUT2D eigenvalue weighted by molar-refractivity contribution is 7.47. The Morgan fingerprint density at radius 2 is 0.713 bits per heavy atom. The van der Waals surface area contributed by atoms with Crippen LogP contribution in [-0.2, 0) is 32.7 Å². The highest BCUT2D eigenvalue weighted by Gasteiger charge is 2.27. The summed E-state index contributed by atoms with van der Waals surface area (Å²) < 4.78 is 34.6. The second-order valence-electron chi connectivity index (χ2n) is 23.1. The minimum atomic E-state index is -4.39. The van der Waals surface area contributed by atoms with Crippen LogP contribution in [-0.4, -0.2) is 74.9 Å². The smallest absolute Gasteiger partial charge is 0.462 e. The minimum absolute atomic E-state index is 0.0281. The van der Waals surface area contributed by atoms with Gasteiger partial charge in [-0.25, -0.2) is 4.57 Å². The fourth-order valence-electron chi connectivity index (χ4n) is 9.05. The molecule has 2 unspecified atom stereocenters. The lowest BCUT2D eigenvalue weighted by molar-refractivity contribution is -0.870. The molecule has 80 heavy (non-hydrogen) atoms. The Morgan fingerprint density at radius 3 is 1.06 bits per heavy atom. The molecule has 0 spiro atoms. The van der Waals surface area contributed by atoms with Gasteiger partial charge in [-0.2, -0.15) is 0 Å². The number of quaternary nitrogens is 1. The molecule has 0 amide bonds. The second kappa shape index (κ2) is 60.5. The molecule has 0 radical (unpaired) electrons. The van der Waals surface area contributed by atoms with Crippen LogP contribution in [0.25, 0.3) is 0 Å². The highest BCUT2D eigenvalue weighted by Crippen LogP contribution is 2.43. The summed E-state index contributed by atoms with van der Waals surface area (Å²) in [5.74, 6) is -0.807. The molecule has 0 rings (SSSR count). The van der Waals surface area contributed by atoms with Gasteiger partial charge >= 0.3 is 19.8 Å². The van der Waals surface area contributed by atoms with E-state index in [4.69, 9.17) is 18.5 Å². The predicted molar refractivity (Wildman–Crippen MR) is 344 cm³/mol. The zero-order valence-corrected chi connectivity index (χ0v) is 53.4. The van der Waals surface area contributed by atoms with Gasteiger partial charge in [-0.05, 0) is 96.3 Å². The van der Waals surface area contributed by atoms with Gasteiger partial charge in [-0.1, -0.05) is 272 Å². The average Bonchev–Trinajstić information content (AvgIpc) is 3.42. The molecule has 0 aromatic heterocycles. The summed E-state index contributed by atoms with van der Waals surface area (Å²) in [5.41, 5.74) is 0. The van der Waals surface area contributed by atoms with Gasteiger partial charge < -0.3 is 18.9 Å². The van der Waals surface area contributed by atoms with Crippen molar-refractivity contribution < 1.29 is 42.1 Å². The number of nitrogens with zero attached hydrogens (tertiary/aromatic N) is 1. The minimum Gasteiger partial charge on any atom is -0.462 e.